The van der Waals surface area contributed by atoms with Gasteiger partial charge in [-0.15, -0.1) is 0 Å². The molecule has 0 spiro atoms. The van der Waals surface area contributed by atoms with Crippen LogP contribution in [0.3, 0.4) is 0 Å². The fraction of sp³-hybridized carbons (Fsp3) is 0.400. The van der Waals surface area contributed by atoms with E-state index in [0.717, 1.165) is 0 Å². The molecule has 0 aliphatic rings. The minimum absolute atomic E-state index is 0.166. The zero-order valence-corrected chi connectivity index (χ0v) is 10.3. The predicted molar refractivity (Wildman–Crippen MR) is 58.5 cm³/mol. The molecule has 0 N–H and O–H groups in total. The SMILES string of the molecule is CC(C)(c1cccc(S(=O)(=O)Cl)c1)C(F)F. The molecule has 0 aromatic heterocycles. The van der Waals surface area contributed by atoms with Crippen molar-refractivity contribution in [3.8, 4) is 0 Å². The summed E-state index contributed by atoms with van der Waals surface area (Å²) in [6.07, 6.45) is -2.58. The van der Waals surface area contributed by atoms with Gasteiger partial charge in [-0.25, -0.2) is 17.2 Å². The Morgan fingerprint density at radius 1 is 1.31 bits per heavy atom. The number of hydrogen-bond acceptors (Lipinski definition) is 2. The van der Waals surface area contributed by atoms with E-state index in [4.69, 9.17) is 10.7 Å². The second-order valence-corrected chi connectivity index (χ2v) is 6.55. The first kappa shape index (κ1) is 13.4. The zero-order chi connectivity index (χ0) is 12.6. The van der Waals surface area contributed by atoms with E-state index in [-0.39, 0.29) is 10.5 Å². The molecule has 0 aliphatic carbocycles. The first-order chi connectivity index (χ1) is 7.15. The van der Waals surface area contributed by atoms with Crippen molar-refractivity contribution in [1.29, 1.82) is 0 Å². The molecule has 6 heteroatoms. The summed E-state index contributed by atoms with van der Waals surface area (Å²) in [5, 5.41) is 0. The molecule has 90 valence electrons. The number of benzene rings is 1. The maximum absolute atomic E-state index is 12.7. The molecule has 0 amide bonds. The third kappa shape index (κ3) is 2.71. The zero-order valence-electron chi connectivity index (χ0n) is 8.75. The maximum Gasteiger partial charge on any atom is 0.261 e. The van der Waals surface area contributed by atoms with Crippen molar-refractivity contribution < 1.29 is 17.2 Å². The Balaban J connectivity index is 3.29. The molecule has 0 bridgehead atoms. The van der Waals surface area contributed by atoms with Crippen molar-refractivity contribution in [3.63, 3.8) is 0 Å². The van der Waals surface area contributed by atoms with Crippen LogP contribution in [0.15, 0.2) is 29.2 Å². The lowest BCUT2D eigenvalue weighted by molar-refractivity contribution is 0.0693. The van der Waals surface area contributed by atoms with Crippen molar-refractivity contribution in [2.75, 3.05) is 0 Å². The summed E-state index contributed by atoms with van der Waals surface area (Å²) < 4.78 is 47.6. The van der Waals surface area contributed by atoms with Crippen molar-refractivity contribution in [1.82, 2.24) is 0 Å². The highest BCUT2D eigenvalue weighted by molar-refractivity contribution is 8.13. The molecule has 1 aromatic carbocycles. The second-order valence-electron chi connectivity index (χ2n) is 3.99. The molecule has 2 nitrogen and oxygen atoms in total. The van der Waals surface area contributed by atoms with E-state index in [9.17, 15) is 17.2 Å². The molecule has 0 saturated carbocycles. The second kappa shape index (κ2) is 4.30. The van der Waals surface area contributed by atoms with E-state index in [1.165, 1.54) is 38.1 Å². The van der Waals surface area contributed by atoms with Crippen LogP contribution in [0.5, 0.6) is 0 Å². The summed E-state index contributed by atoms with van der Waals surface area (Å²) in [4.78, 5) is -0.166. The van der Waals surface area contributed by atoms with Crippen LogP contribution in [0.25, 0.3) is 0 Å². The Kier molecular flexibility index (Phi) is 3.59. The van der Waals surface area contributed by atoms with Gasteiger partial charge >= 0.3 is 0 Å². The van der Waals surface area contributed by atoms with E-state index >= 15 is 0 Å². The van der Waals surface area contributed by atoms with Gasteiger partial charge in [-0.2, -0.15) is 0 Å². The van der Waals surface area contributed by atoms with Gasteiger partial charge in [-0.3, -0.25) is 0 Å². The largest absolute Gasteiger partial charge is 0.261 e. The molecule has 0 unspecified atom stereocenters. The Morgan fingerprint density at radius 2 is 1.88 bits per heavy atom. The van der Waals surface area contributed by atoms with Crippen LogP contribution in [0, 0.1) is 0 Å². The molecule has 0 fully saturated rings. The summed E-state index contributed by atoms with van der Waals surface area (Å²) in [6, 6.07) is 5.30. The van der Waals surface area contributed by atoms with E-state index in [1.807, 2.05) is 0 Å². The summed E-state index contributed by atoms with van der Waals surface area (Å²) >= 11 is 0. The van der Waals surface area contributed by atoms with Gasteiger partial charge in [-0.05, 0) is 17.7 Å². The van der Waals surface area contributed by atoms with Crippen LogP contribution in [0.2, 0.25) is 0 Å². The van der Waals surface area contributed by atoms with Crippen LogP contribution >= 0.6 is 10.7 Å². The van der Waals surface area contributed by atoms with Gasteiger partial charge in [-0.1, -0.05) is 26.0 Å². The molecule has 0 radical (unpaired) electrons. The van der Waals surface area contributed by atoms with Gasteiger partial charge in [0.15, 0.2) is 0 Å². The van der Waals surface area contributed by atoms with Gasteiger partial charge < -0.3 is 0 Å². The first-order valence-corrected chi connectivity index (χ1v) is 6.80. The molecule has 1 aromatic rings. The standard InChI is InChI=1S/C10H11ClF2O2S/c1-10(2,9(12)13)7-4-3-5-8(6-7)16(11,14)15/h3-6,9H,1-2H3. The topological polar surface area (TPSA) is 34.1 Å². The van der Waals surface area contributed by atoms with E-state index in [2.05, 4.69) is 0 Å². The summed E-state index contributed by atoms with van der Waals surface area (Å²) in [7, 11) is 1.26. The highest BCUT2D eigenvalue weighted by Gasteiger charge is 2.32. The van der Waals surface area contributed by atoms with Gasteiger partial charge in [0.2, 0.25) is 6.43 Å². The van der Waals surface area contributed by atoms with Crippen LogP contribution in [0.4, 0.5) is 8.78 Å². The van der Waals surface area contributed by atoms with Crippen molar-refractivity contribution in [2.45, 2.75) is 30.6 Å². The number of halogens is 3. The fourth-order valence-electron chi connectivity index (χ4n) is 1.17. The van der Waals surface area contributed by atoms with Crippen LogP contribution < -0.4 is 0 Å². The quantitative estimate of drug-likeness (QED) is 0.789. The Bertz CT molecular complexity index is 483. The van der Waals surface area contributed by atoms with Crippen molar-refractivity contribution >= 4 is 19.7 Å². The summed E-state index contributed by atoms with van der Waals surface area (Å²) in [5.41, 5.74) is -1.17. The Morgan fingerprint density at radius 3 is 2.31 bits per heavy atom. The van der Waals surface area contributed by atoms with Gasteiger partial charge in [0.25, 0.3) is 9.05 Å². The smallest absolute Gasteiger partial charge is 0.210 e. The average molecular weight is 269 g/mol. The molecule has 16 heavy (non-hydrogen) atoms. The fourth-order valence-corrected chi connectivity index (χ4v) is 1.97. The normalized spacial score (nSPS) is 13.1. The summed E-state index contributed by atoms with van der Waals surface area (Å²) in [6.45, 7) is 2.69. The lowest BCUT2D eigenvalue weighted by atomic mass is 9.85. The van der Waals surface area contributed by atoms with Crippen molar-refractivity contribution in [2.24, 2.45) is 0 Å². The monoisotopic (exact) mass is 268 g/mol. The third-order valence-electron chi connectivity index (χ3n) is 2.41. The van der Waals surface area contributed by atoms with Crippen LogP contribution in [0.1, 0.15) is 19.4 Å². The molecule has 0 atom stereocenters. The van der Waals surface area contributed by atoms with Crippen LogP contribution in [-0.2, 0) is 14.5 Å². The van der Waals surface area contributed by atoms with Crippen LogP contribution in [-0.4, -0.2) is 14.8 Å². The molecule has 0 heterocycles. The number of rotatable bonds is 3. The van der Waals surface area contributed by atoms with E-state index < -0.39 is 20.9 Å². The molecular formula is C10H11ClF2O2S. The lowest BCUT2D eigenvalue weighted by Crippen LogP contribution is -2.26. The Hall–Kier alpha value is -0.680. The highest BCUT2D eigenvalue weighted by atomic mass is 35.7. The predicted octanol–water partition coefficient (Wildman–Crippen LogP) is 3.16. The Labute approximate surface area is 97.7 Å². The average Bonchev–Trinajstić information content (AvgIpc) is 2.16. The number of hydrogen-bond donors (Lipinski definition) is 0. The molecule has 0 aliphatic heterocycles. The minimum atomic E-state index is -3.88. The first-order valence-electron chi connectivity index (χ1n) is 4.49. The maximum atomic E-state index is 12.7. The van der Waals surface area contributed by atoms with Gasteiger partial charge in [0.1, 0.15) is 0 Å². The van der Waals surface area contributed by atoms with Gasteiger partial charge in [0, 0.05) is 10.7 Å². The third-order valence-corrected chi connectivity index (χ3v) is 3.76. The molecule has 1 rings (SSSR count). The molecule has 0 saturated heterocycles. The highest BCUT2D eigenvalue weighted by Crippen LogP contribution is 2.31. The van der Waals surface area contributed by atoms with E-state index in [0.29, 0.717) is 0 Å². The van der Waals surface area contributed by atoms with E-state index in [1.54, 1.807) is 0 Å². The minimum Gasteiger partial charge on any atom is -0.210 e. The van der Waals surface area contributed by atoms with Crippen molar-refractivity contribution in [3.05, 3.63) is 29.8 Å². The summed E-state index contributed by atoms with van der Waals surface area (Å²) in [5.74, 6) is 0. The van der Waals surface area contributed by atoms with Gasteiger partial charge in [0.05, 0.1) is 10.3 Å². The molecular weight excluding hydrogens is 258 g/mol. The number of alkyl halides is 2. The lowest BCUT2D eigenvalue weighted by Gasteiger charge is -2.24.